The second-order valence-corrected chi connectivity index (χ2v) is 5.36. The molecule has 2 aromatic carbocycles. The lowest BCUT2D eigenvalue weighted by Gasteiger charge is -2.06. The van der Waals surface area contributed by atoms with Gasteiger partial charge in [0.25, 0.3) is 0 Å². The number of hydrogen-bond donors (Lipinski definition) is 0. The van der Waals surface area contributed by atoms with Crippen molar-refractivity contribution in [1.82, 2.24) is 4.98 Å². The van der Waals surface area contributed by atoms with Crippen LogP contribution in [0.1, 0.15) is 5.56 Å². The molecule has 19 heavy (non-hydrogen) atoms. The monoisotopic (exact) mass is 287 g/mol. The Bertz CT molecular complexity index is 766. The summed E-state index contributed by atoms with van der Waals surface area (Å²) in [6.45, 7) is 2.06. The third-order valence-electron chi connectivity index (χ3n) is 3.05. The van der Waals surface area contributed by atoms with Crippen LogP contribution in [0, 0.1) is 6.92 Å². The first-order valence-corrected chi connectivity index (χ1v) is 6.72. The van der Waals surface area contributed by atoms with Crippen molar-refractivity contribution in [2.75, 3.05) is 0 Å². The van der Waals surface area contributed by atoms with Gasteiger partial charge in [0.1, 0.15) is 0 Å². The maximum atomic E-state index is 6.22. The van der Waals surface area contributed by atoms with E-state index in [9.17, 15) is 0 Å². The molecule has 0 fully saturated rings. The smallest absolute Gasteiger partial charge is 0.0724 e. The minimum Gasteiger partial charge on any atom is -0.248 e. The summed E-state index contributed by atoms with van der Waals surface area (Å²) in [4.78, 5) is 4.67. The first kappa shape index (κ1) is 12.5. The molecule has 0 aliphatic carbocycles. The molecule has 0 saturated carbocycles. The van der Waals surface area contributed by atoms with Gasteiger partial charge in [-0.15, -0.1) is 0 Å². The van der Waals surface area contributed by atoms with Gasteiger partial charge in [0.15, 0.2) is 0 Å². The second kappa shape index (κ2) is 4.84. The Morgan fingerprint density at radius 2 is 1.68 bits per heavy atom. The van der Waals surface area contributed by atoms with Crippen molar-refractivity contribution >= 4 is 34.1 Å². The number of fused-ring (bicyclic) bond motifs is 1. The number of halogens is 2. The van der Waals surface area contributed by atoms with Gasteiger partial charge in [-0.3, -0.25) is 0 Å². The van der Waals surface area contributed by atoms with E-state index < -0.39 is 0 Å². The number of aromatic nitrogens is 1. The number of nitrogens with zero attached hydrogens (tertiary/aromatic N) is 1. The molecule has 0 spiro atoms. The highest BCUT2D eigenvalue weighted by molar-refractivity contribution is 6.36. The minimum absolute atomic E-state index is 0.618. The van der Waals surface area contributed by atoms with Gasteiger partial charge in [-0.05, 0) is 42.8 Å². The van der Waals surface area contributed by atoms with Gasteiger partial charge in [-0.2, -0.15) is 0 Å². The average molecular weight is 288 g/mol. The van der Waals surface area contributed by atoms with E-state index in [4.69, 9.17) is 23.2 Å². The predicted octanol–water partition coefficient (Wildman–Crippen LogP) is 5.52. The van der Waals surface area contributed by atoms with Crippen LogP contribution in [-0.2, 0) is 0 Å². The molecule has 1 heterocycles. The molecule has 1 aromatic heterocycles. The van der Waals surface area contributed by atoms with E-state index in [2.05, 4.69) is 36.2 Å². The van der Waals surface area contributed by atoms with Crippen LogP contribution in [0.2, 0.25) is 10.0 Å². The van der Waals surface area contributed by atoms with Crippen LogP contribution >= 0.6 is 23.2 Å². The third-order valence-corrected chi connectivity index (χ3v) is 3.60. The minimum atomic E-state index is 0.618. The summed E-state index contributed by atoms with van der Waals surface area (Å²) in [6.07, 6.45) is 0. The summed E-state index contributed by atoms with van der Waals surface area (Å²) in [5.74, 6) is 0. The van der Waals surface area contributed by atoms with Crippen LogP contribution in [0.25, 0.3) is 22.2 Å². The molecule has 0 aliphatic heterocycles. The van der Waals surface area contributed by atoms with Crippen molar-refractivity contribution < 1.29 is 0 Å². The molecule has 0 bridgehead atoms. The van der Waals surface area contributed by atoms with Crippen molar-refractivity contribution in [1.29, 1.82) is 0 Å². The maximum absolute atomic E-state index is 6.22. The standard InChI is InChI=1S/C16H11Cl2N/c1-10-2-3-11-4-7-15(19-16(11)8-10)13-6-5-12(17)9-14(13)18/h2-9H,1H3. The Morgan fingerprint density at radius 3 is 2.47 bits per heavy atom. The lowest BCUT2D eigenvalue weighted by molar-refractivity contribution is 1.38. The summed E-state index contributed by atoms with van der Waals surface area (Å²) in [5.41, 5.74) is 3.93. The van der Waals surface area contributed by atoms with E-state index in [-0.39, 0.29) is 0 Å². The fraction of sp³-hybridized carbons (Fsp3) is 0.0625. The quantitative estimate of drug-likeness (QED) is 0.574. The van der Waals surface area contributed by atoms with Crippen LogP contribution in [0.4, 0.5) is 0 Å². The van der Waals surface area contributed by atoms with Gasteiger partial charge in [-0.1, -0.05) is 41.4 Å². The highest BCUT2D eigenvalue weighted by Crippen LogP contribution is 2.30. The zero-order valence-corrected chi connectivity index (χ0v) is 11.8. The summed E-state index contributed by atoms with van der Waals surface area (Å²) in [6, 6.07) is 15.7. The number of pyridine rings is 1. The van der Waals surface area contributed by atoms with Gasteiger partial charge in [0.05, 0.1) is 16.2 Å². The van der Waals surface area contributed by atoms with Crippen molar-refractivity contribution in [3.05, 3.63) is 64.1 Å². The Hall–Kier alpha value is -1.57. The summed E-state index contributed by atoms with van der Waals surface area (Å²) >= 11 is 12.1. The molecule has 94 valence electrons. The molecule has 0 unspecified atom stereocenters. The average Bonchev–Trinajstić information content (AvgIpc) is 2.38. The lowest BCUT2D eigenvalue weighted by Crippen LogP contribution is -1.87. The molecule has 3 heteroatoms. The molecule has 0 amide bonds. The van der Waals surface area contributed by atoms with Crippen LogP contribution in [-0.4, -0.2) is 4.98 Å². The van der Waals surface area contributed by atoms with E-state index in [1.807, 2.05) is 18.2 Å². The zero-order valence-electron chi connectivity index (χ0n) is 10.3. The number of rotatable bonds is 1. The SMILES string of the molecule is Cc1ccc2ccc(-c3ccc(Cl)cc3Cl)nc2c1. The number of hydrogen-bond acceptors (Lipinski definition) is 1. The van der Waals surface area contributed by atoms with E-state index in [1.54, 1.807) is 6.07 Å². The molecule has 0 radical (unpaired) electrons. The zero-order chi connectivity index (χ0) is 13.4. The third kappa shape index (κ3) is 2.44. The topological polar surface area (TPSA) is 12.9 Å². The molecule has 3 rings (SSSR count). The Kier molecular flexibility index (Phi) is 3.17. The highest BCUT2D eigenvalue weighted by atomic mass is 35.5. The Labute approximate surface area is 121 Å². The highest BCUT2D eigenvalue weighted by Gasteiger charge is 2.06. The first-order valence-electron chi connectivity index (χ1n) is 5.96. The fourth-order valence-electron chi connectivity index (χ4n) is 2.07. The van der Waals surface area contributed by atoms with E-state index in [0.717, 1.165) is 22.2 Å². The van der Waals surface area contributed by atoms with Gasteiger partial charge >= 0.3 is 0 Å². The van der Waals surface area contributed by atoms with Gasteiger partial charge in [0, 0.05) is 16.0 Å². The van der Waals surface area contributed by atoms with Crippen molar-refractivity contribution in [2.24, 2.45) is 0 Å². The van der Waals surface area contributed by atoms with Gasteiger partial charge in [0.2, 0.25) is 0 Å². The van der Waals surface area contributed by atoms with Crippen LogP contribution < -0.4 is 0 Å². The molecule has 0 N–H and O–H groups in total. The van der Waals surface area contributed by atoms with Crippen molar-refractivity contribution in [3.63, 3.8) is 0 Å². The van der Waals surface area contributed by atoms with Crippen molar-refractivity contribution in [2.45, 2.75) is 6.92 Å². The summed E-state index contributed by atoms with van der Waals surface area (Å²) in [7, 11) is 0. The number of benzene rings is 2. The molecular weight excluding hydrogens is 277 g/mol. The van der Waals surface area contributed by atoms with Gasteiger partial charge in [-0.25, -0.2) is 4.98 Å². The molecule has 0 saturated heterocycles. The Balaban J connectivity index is 2.19. The van der Waals surface area contributed by atoms with E-state index in [1.165, 1.54) is 5.56 Å². The molecule has 3 aromatic rings. The largest absolute Gasteiger partial charge is 0.248 e. The van der Waals surface area contributed by atoms with Crippen molar-refractivity contribution in [3.8, 4) is 11.3 Å². The Morgan fingerprint density at radius 1 is 0.895 bits per heavy atom. The first-order chi connectivity index (χ1) is 9.13. The summed E-state index contributed by atoms with van der Waals surface area (Å²) in [5, 5.41) is 2.37. The molecular formula is C16H11Cl2N. The van der Waals surface area contributed by atoms with Crippen LogP contribution in [0.5, 0.6) is 0 Å². The number of aryl methyl sites for hydroxylation is 1. The second-order valence-electron chi connectivity index (χ2n) is 4.52. The molecule has 0 atom stereocenters. The lowest BCUT2D eigenvalue weighted by atomic mass is 10.1. The fourth-order valence-corrected chi connectivity index (χ4v) is 2.58. The summed E-state index contributed by atoms with van der Waals surface area (Å²) < 4.78 is 0. The van der Waals surface area contributed by atoms with E-state index >= 15 is 0 Å². The van der Waals surface area contributed by atoms with Crippen LogP contribution in [0.15, 0.2) is 48.5 Å². The maximum Gasteiger partial charge on any atom is 0.0724 e. The predicted molar refractivity (Wildman–Crippen MR) is 81.9 cm³/mol. The van der Waals surface area contributed by atoms with E-state index in [0.29, 0.717) is 10.0 Å². The van der Waals surface area contributed by atoms with Crippen LogP contribution in [0.3, 0.4) is 0 Å². The molecule has 0 aliphatic rings. The normalized spacial score (nSPS) is 10.9. The van der Waals surface area contributed by atoms with Gasteiger partial charge < -0.3 is 0 Å². The molecule has 1 nitrogen and oxygen atoms in total.